The highest BCUT2D eigenvalue weighted by atomic mass is 79.9. The molecule has 6 nitrogen and oxygen atoms in total. The summed E-state index contributed by atoms with van der Waals surface area (Å²) >= 11 is 3.42. The van der Waals surface area contributed by atoms with Crippen LogP contribution in [-0.4, -0.2) is 37.4 Å². The Balaban J connectivity index is 2.04. The molecule has 0 spiro atoms. The van der Waals surface area contributed by atoms with Crippen molar-refractivity contribution < 1.29 is 23.8 Å². The van der Waals surface area contributed by atoms with Crippen molar-refractivity contribution >= 4 is 28.0 Å². The second kappa shape index (κ2) is 11.1. The monoisotopic (exact) mass is 477 g/mol. The lowest BCUT2D eigenvalue weighted by atomic mass is 10.1. The molecule has 0 saturated carbocycles. The van der Waals surface area contributed by atoms with E-state index in [1.807, 2.05) is 57.2 Å². The smallest absolute Gasteiger partial charge is 0.407 e. The topological polar surface area (TPSA) is 73.9 Å². The molecular weight excluding hydrogens is 450 g/mol. The molecule has 0 aliphatic heterocycles. The molecule has 0 aromatic heterocycles. The Hall–Kier alpha value is -2.38. The van der Waals surface area contributed by atoms with E-state index < -0.39 is 17.7 Å². The second-order valence-electron chi connectivity index (χ2n) is 7.84. The summed E-state index contributed by atoms with van der Waals surface area (Å²) in [4.78, 5) is 24.2. The standard InChI is InChI=1S/C23H28BrNO5/c1-23(2,3)30-22(27)25-19(13-16-9-11-18(24)12-10-16)15-29-14-17-7-5-6-8-20(17)21(26)28-4/h5-12,19H,13-15H2,1-4H3,(H,25,27). The van der Waals surface area contributed by atoms with Gasteiger partial charge in [-0.25, -0.2) is 9.59 Å². The third-order valence-corrected chi connectivity index (χ3v) is 4.64. The summed E-state index contributed by atoms with van der Waals surface area (Å²) < 4.78 is 17.0. The van der Waals surface area contributed by atoms with Crippen molar-refractivity contribution in [3.63, 3.8) is 0 Å². The summed E-state index contributed by atoms with van der Waals surface area (Å²) in [5, 5.41) is 2.88. The quantitative estimate of drug-likeness (QED) is 0.547. The first-order chi connectivity index (χ1) is 14.2. The molecule has 0 radical (unpaired) electrons. The zero-order valence-electron chi connectivity index (χ0n) is 17.7. The van der Waals surface area contributed by atoms with Crippen molar-refractivity contribution in [1.29, 1.82) is 0 Å². The van der Waals surface area contributed by atoms with Gasteiger partial charge in [-0.15, -0.1) is 0 Å². The fraction of sp³-hybridized carbons (Fsp3) is 0.391. The van der Waals surface area contributed by atoms with Crippen LogP contribution in [0, 0.1) is 0 Å². The van der Waals surface area contributed by atoms with Gasteiger partial charge in [0.2, 0.25) is 0 Å². The molecule has 2 aromatic rings. The molecule has 0 heterocycles. The third-order valence-electron chi connectivity index (χ3n) is 4.12. The Labute approximate surface area is 186 Å². The van der Waals surface area contributed by atoms with E-state index in [9.17, 15) is 9.59 Å². The largest absolute Gasteiger partial charge is 0.465 e. The number of ether oxygens (including phenoxy) is 3. The van der Waals surface area contributed by atoms with Gasteiger partial charge in [-0.1, -0.05) is 46.3 Å². The number of carbonyl (C=O) groups is 2. The lowest BCUT2D eigenvalue weighted by Crippen LogP contribution is -2.42. The fourth-order valence-electron chi connectivity index (χ4n) is 2.80. The van der Waals surface area contributed by atoms with Crippen LogP contribution >= 0.6 is 15.9 Å². The van der Waals surface area contributed by atoms with Crippen LogP contribution in [0.2, 0.25) is 0 Å². The minimum absolute atomic E-state index is 0.220. The number of hydrogen-bond acceptors (Lipinski definition) is 5. The number of benzene rings is 2. The van der Waals surface area contributed by atoms with E-state index in [0.717, 1.165) is 15.6 Å². The van der Waals surface area contributed by atoms with E-state index in [-0.39, 0.29) is 19.3 Å². The van der Waals surface area contributed by atoms with Gasteiger partial charge in [-0.2, -0.15) is 0 Å². The molecule has 1 amide bonds. The molecule has 162 valence electrons. The molecule has 0 saturated heterocycles. The predicted molar refractivity (Wildman–Crippen MR) is 118 cm³/mol. The first-order valence-corrected chi connectivity index (χ1v) is 10.4. The highest BCUT2D eigenvalue weighted by Gasteiger charge is 2.20. The number of amides is 1. The highest BCUT2D eigenvalue weighted by molar-refractivity contribution is 9.10. The molecule has 1 N–H and O–H groups in total. The van der Waals surface area contributed by atoms with Crippen LogP contribution in [0.25, 0.3) is 0 Å². The van der Waals surface area contributed by atoms with Gasteiger partial charge in [-0.05, 0) is 56.5 Å². The SMILES string of the molecule is COC(=O)c1ccccc1COCC(Cc1ccc(Br)cc1)NC(=O)OC(C)(C)C. The maximum absolute atomic E-state index is 12.3. The van der Waals surface area contributed by atoms with Gasteiger partial charge in [0.25, 0.3) is 0 Å². The van der Waals surface area contributed by atoms with Gasteiger partial charge >= 0.3 is 12.1 Å². The van der Waals surface area contributed by atoms with E-state index in [0.29, 0.717) is 12.0 Å². The maximum Gasteiger partial charge on any atom is 0.407 e. The van der Waals surface area contributed by atoms with E-state index in [1.165, 1.54) is 7.11 Å². The van der Waals surface area contributed by atoms with Crippen LogP contribution < -0.4 is 5.32 Å². The number of esters is 1. The Kier molecular flexibility index (Phi) is 8.87. The Morgan fingerprint density at radius 2 is 1.73 bits per heavy atom. The van der Waals surface area contributed by atoms with Crippen molar-refractivity contribution in [2.45, 2.75) is 45.4 Å². The van der Waals surface area contributed by atoms with E-state index in [4.69, 9.17) is 14.2 Å². The van der Waals surface area contributed by atoms with Gasteiger partial charge < -0.3 is 19.5 Å². The van der Waals surface area contributed by atoms with Crippen molar-refractivity contribution in [2.75, 3.05) is 13.7 Å². The molecule has 2 rings (SSSR count). The van der Waals surface area contributed by atoms with Gasteiger partial charge in [0, 0.05) is 4.47 Å². The summed E-state index contributed by atoms with van der Waals surface area (Å²) in [6, 6.07) is 14.7. The third kappa shape index (κ3) is 8.16. The summed E-state index contributed by atoms with van der Waals surface area (Å²) in [5.41, 5.74) is 1.65. The van der Waals surface area contributed by atoms with E-state index in [1.54, 1.807) is 12.1 Å². The van der Waals surface area contributed by atoms with Crippen LogP contribution in [0.3, 0.4) is 0 Å². The van der Waals surface area contributed by atoms with E-state index >= 15 is 0 Å². The number of halogens is 1. The first kappa shape index (κ1) is 23.9. The fourth-order valence-corrected chi connectivity index (χ4v) is 3.06. The number of nitrogens with one attached hydrogen (secondary N) is 1. The summed E-state index contributed by atoms with van der Waals surface area (Å²) in [5.74, 6) is -0.410. The minimum atomic E-state index is -0.591. The van der Waals surface area contributed by atoms with Gasteiger partial charge in [-0.3, -0.25) is 0 Å². The molecule has 2 aromatic carbocycles. The number of rotatable bonds is 8. The lowest BCUT2D eigenvalue weighted by Gasteiger charge is -2.24. The lowest BCUT2D eigenvalue weighted by molar-refractivity contribution is 0.0428. The van der Waals surface area contributed by atoms with Crippen LogP contribution in [-0.2, 0) is 27.2 Å². The summed E-state index contributed by atoms with van der Waals surface area (Å²) in [6.45, 7) is 5.92. The van der Waals surface area contributed by atoms with Crippen molar-refractivity contribution in [3.05, 3.63) is 69.7 Å². The van der Waals surface area contributed by atoms with Crippen LogP contribution in [0.5, 0.6) is 0 Å². The molecule has 1 unspecified atom stereocenters. The summed E-state index contributed by atoms with van der Waals surface area (Å²) in [7, 11) is 1.35. The van der Waals surface area contributed by atoms with Crippen molar-refractivity contribution in [1.82, 2.24) is 5.32 Å². The van der Waals surface area contributed by atoms with Crippen molar-refractivity contribution in [3.8, 4) is 0 Å². The molecule has 7 heteroatoms. The molecule has 0 fully saturated rings. The van der Waals surface area contributed by atoms with Gasteiger partial charge in [0.05, 0.1) is 31.9 Å². The predicted octanol–water partition coefficient (Wildman–Crippen LogP) is 4.89. The second-order valence-corrected chi connectivity index (χ2v) is 8.75. The van der Waals surface area contributed by atoms with Crippen molar-refractivity contribution in [2.24, 2.45) is 0 Å². The number of carbonyl (C=O) groups excluding carboxylic acids is 2. The normalized spacial score (nSPS) is 12.2. The summed E-state index contributed by atoms with van der Waals surface area (Å²) in [6.07, 6.45) is 0.0775. The Bertz CT molecular complexity index is 845. The number of alkyl carbamates (subject to hydrolysis) is 1. The Morgan fingerprint density at radius 3 is 2.37 bits per heavy atom. The molecule has 0 aliphatic carbocycles. The van der Waals surface area contributed by atoms with Crippen LogP contribution in [0.1, 0.15) is 42.3 Å². The first-order valence-electron chi connectivity index (χ1n) is 9.66. The molecule has 30 heavy (non-hydrogen) atoms. The van der Waals surface area contributed by atoms with E-state index in [2.05, 4.69) is 21.2 Å². The average Bonchev–Trinajstić information content (AvgIpc) is 2.68. The molecule has 0 bridgehead atoms. The zero-order chi connectivity index (χ0) is 22.1. The number of methoxy groups -OCH3 is 1. The van der Waals surface area contributed by atoms with Crippen LogP contribution in [0.4, 0.5) is 4.79 Å². The molecule has 0 aliphatic rings. The Morgan fingerprint density at radius 1 is 1.07 bits per heavy atom. The molecular formula is C23H28BrNO5. The van der Waals surface area contributed by atoms with Crippen LogP contribution in [0.15, 0.2) is 53.0 Å². The number of hydrogen-bond donors (Lipinski definition) is 1. The molecule has 1 atom stereocenters. The minimum Gasteiger partial charge on any atom is -0.465 e. The average molecular weight is 478 g/mol. The van der Waals surface area contributed by atoms with Gasteiger partial charge in [0.15, 0.2) is 0 Å². The van der Waals surface area contributed by atoms with Gasteiger partial charge in [0.1, 0.15) is 5.60 Å². The highest BCUT2D eigenvalue weighted by Crippen LogP contribution is 2.15. The maximum atomic E-state index is 12.3. The zero-order valence-corrected chi connectivity index (χ0v) is 19.3.